The van der Waals surface area contributed by atoms with E-state index in [1.54, 1.807) is 30.2 Å². The summed E-state index contributed by atoms with van der Waals surface area (Å²) in [5.41, 5.74) is 2.19. The van der Waals surface area contributed by atoms with Crippen LogP contribution in [0.4, 0.5) is 4.79 Å². The summed E-state index contributed by atoms with van der Waals surface area (Å²) < 4.78 is 10.2. The van der Waals surface area contributed by atoms with Crippen molar-refractivity contribution >= 4 is 12.0 Å². The van der Waals surface area contributed by atoms with Gasteiger partial charge in [-0.2, -0.15) is 0 Å². The molecular formula is C19H24N2O4. The highest BCUT2D eigenvalue weighted by atomic mass is 16.5. The fourth-order valence-corrected chi connectivity index (χ4v) is 2.30. The molecule has 0 atom stereocenters. The molecule has 0 unspecified atom stereocenters. The van der Waals surface area contributed by atoms with Crippen LogP contribution in [0, 0.1) is 6.92 Å². The lowest BCUT2D eigenvalue weighted by atomic mass is 10.1. The maximum Gasteiger partial charge on any atom is 0.318 e. The van der Waals surface area contributed by atoms with E-state index in [4.69, 9.17) is 9.15 Å². The molecule has 0 aliphatic carbocycles. The van der Waals surface area contributed by atoms with Gasteiger partial charge in [-0.3, -0.25) is 4.79 Å². The van der Waals surface area contributed by atoms with Gasteiger partial charge in [-0.05, 0) is 31.5 Å². The van der Waals surface area contributed by atoms with Gasteiger partial charge in [-0.25, -0.2) is 4.79 Å². The Balaban J connectivity index is 1.93. The summed E-state index contributed by atoms with van der Waals surface area (Å²) in [5.74, 6) is 0.340. The van der Waals surface area contributed by atoms with E-state index in [1.165, 1.54) is 5.56 Å². The number of urea groups is 1. The number of nitrogens with one attached hydrogen (secondary N) is 1. The number of carbonyl (C=O) groups is 2. The van der Waals surface area contributed by atoms with Gasteiger partial charge in [0.05, 0.1) is 25.8 Å². The fourth-order valence-electron chi connectivity index (χ4n) is 2.30. The third-order valence-electron chi connectivity index (χ3n) is 3.67. The zero-order chi connectivity index (χ0) is 18.1. The van der Waals surface area contributed by atoms with E-state index in [9.17, 15) is 9.59 Å². The van der Waals surface area contributed by atoms with Crippen molar-refractivity contribution < 1.29 is 18.7 Å². The van der Waals surface area contributed by atoms with Crippen LogP contribution in [0.15, 0.2) is 47.1 Å². The molecule has 0 aliphatic heterocycles. The Morgan fingerprint density at radius 3 is 2.60 bits per heavy atom. The molecule has 6 nitrogen and oxygen atoms in total. The van der Waals surface area contributed by atoms with Crippen molar-refractivity contribution in [3.8, 4) is 0 Å². The normalized spacial score (nSPS) is 10.3. The Labute approximate surface area is 147 Å². The molecule has 0 spiro atoms. The van der Waals surface area contributed by atoms with Crippen LogP contribution in [0.3, 0.4) is 0 Å². The maximum atomic E-state index is 12.5. The second-order valence-electron chi connectivity index (χ2n) is 5.70. The number of esters is 1. The summed E-state index contributed by atoms with van der Waals surface area (Å²) in [6.07, 6.45) is 1.70. The van der Waals surface area contributed by atoms with E-state index in [2.05, 4.69) is 5.32 Å². The van der Waals surface area contributed by atoms with E-state index in [-0.39, 0.29) is 25.0 Å². The summed E-state index contributed by atoms with van der Waals surface area (Å²) in [7, 11) is 0. The molecule has 2 amide bonds. The average molecular weight is 344 g/mol. The standard InChI is InChI=1S/C19H24N2O4/c1-3-24-18(22)10-11-21(14-17-5-4-12-25-17)19(23)20-13-16-8-6-15(2)7-9-16/h4-9,12H,3,10-11,13-14H2,1-2H3,(H,20,23). The molecule has 1 N–H and O–H groups in total. The van der Waals surface area contributed by atoms with E-state index >= 15 is 0 Å². The average Bonchev–Trinajstić information content (AvgIpc) is 3.11. The minimum atomic E-state index is -0.321. The molecule has 0 aliphatic rings. The minimum absolute atomic E-state index is 0.145. The van der Waals surface area contributed by atoms with Crippen LogP contribution >= 0.6 is 0 Å². The number of aryl methyl sites for hydroxylation is 1. The third kappa shape index (κ3) is 6.33. The number of nitrogens with zero attached hydrogens (tertiary/aromatic N) is 1. The van der Waals surface area contributed by atoms with Crippen LogP contribution in [0.1, 0.15) is 30.2 Å². The molecule has 0 saturated carbocycles. The van der Waals surface area contributed by atoms with Crippen molar-refractivity contribution in [2.24, 2.45) is 0 Å². The van der Waals surface area contributed by atoms with Crippen LogP contribution in [0.2, 0.25) is 0 Å². The Kier molecular flexibility index (Phi) is 7.07. The molecule has 0 radical (unpaired) electrons. The number of hydrogen-bond donors (Lipinski definition) is 1. The second kappa shape index (κ2) is 9.52. The molecule has 6 heteroatoms. The first-order valence-corrected chi connectivity index (χ1v) is 8.34. The number of carbonyl (C=O) groups excluding carboxylic acids is 2. The van der Waals surface area contributed by atoms with Gasteiger partial charge in [0.2, 0.25) is 0 Å². The molecular weight excluding hydrogens is 320 g/mol. The van der Waals surface area contributed by atoms with Gasteiger partial charge >= 0.3 is 12.0 Å². The molecule has 25 heavy (non-hydrogen) atoms. The summed E-state index contributed by atoms with van der Waals surface area (Å²) in [6.45, 7) is 5.09. The van der Waals surface area contributed by atoms with Gasteiger partial charge < -0.3 is 19.4 Å². The number of benzene rings is 1. The predicted molar refractivity (Wildman–Crippen MR) is 93.8 cm³/mol. The van der Waals surface area contributed by atoms with E-state index in [1.807, 2.05) is 31.2 Å². The maximum absolute atomic E-state index is 12.5. The zero-order valence-corrected chi connectivity index (χ0v) is 14.7. The van der Waals surface area contributed by atoms with Gasteiger partial charge in [0.1, 0.15) is 5.76 Å². The van der Waals surface area contributed by atoms with Gasteiger partial charge in [0.25, 0.3) is 0 Å². The Morgan fingerprint density at radius 2 is 1.96 bits per heavy atom. The second-order valence-corrected chi connectivity index (χ2v) is 5.70. The lowest BCUT2D eigenvalue weighted by molar-refractivity contribution is -0.143. The van der Waals surface area contributed by atoms with Gasteiger partial charge in [0, 0.05) is 13.1 Å². The van der Waals surface area contributed by atoms with Crippen molar-refractivity contribution in [3.63, 3.8) is 0 Å². The van der Waals surface area contributed by atoms with Crippen molar-refractivity contribution in [2.75, 3.05) is 13.2 Å². The van der Waals surface area contributed by atoms with Crippen molar-refractivity contribution in [1.29, 1.82) is 0 Å². The van der Waals surface area contributed by atoms with E-state index in [0.29, 0.717) is 25.5 Å². The number of ether oxygens (including phenoxy) is 1. The highest BCUT2D eigenvalue weighted by molar-refractivity contribution is 5.75. The summed E-state index contributed by atoms with van der Waals surface area (Å²) >= 11 is 0. The number of rotatable bonds is 8. The van der Waals surface area contributed by atoms with Crippen molar-refractivity contribution in [3.05, 3.63) is 59.5 Å². The number of furan rings is 1. The van der Waals surface area contributed by atoms with Gasteiger partial charge in [-0.15, -0.1) is 0 Å². The fraction of sp³-hybridized carbons (Fsp3) is 0.368. The molecule has 0 saturated heterocycles. The first-order chi connectivity index (χ1) is 12.1. The first kappa shape index (κ1) is 18.6. The minimum Gasteiger partial charge on any atom is -0.467 e. The summed E-state index contributed by atoms with van der Waals surface area (Å²) in [4.78, 5) is 25.6. The van der Waals surface area contributed by atoms with Crippen molar-refractivity contribution in [1.82, 2.24) is 10.2 Å². The summed E-state index contributed by atoms with van der Waals surface area (Å²) in [5, 5.41) is 2.88. The molecule has 2 rings (SSSR count). The Morgan fingerprint density at radius 1 is 1.20 bits per heavy atom. The van der Waals surface area contributed by atoms with Gasteiger partial charge in [-0.1, -0.05) is 29.8 Å². The monoisotopic (exact) mass is 344 g/mol. The molecule has 1 aromatic carbocycles. The molecule has 1 heterocycles. The van der Waals surface area contributed by atoms with E-state index < -0.39 is 0 Å². The lowest BCUT2D eigenvalue weighted by Crippen LogP contribution is -2.40. The molecule has 0 bridgehead atoms. The number of hydrogen-bond acceptors (Lipinski definition) is 4. The highest BCUT2D eigenvalue weighted by Gasteiger charge is 2.17. The topological polar surface area (TPSA) is 71.8 Å². The third-order valence-corrected chi connectivity index (χ3v) is 3.67. The van der Waals surface area contributed by atoms with Crippen molar-refractivity contribution in [2.45, 2.75) is 33.4 Å². The van der Waals surface area contributed by atoms with Crippen LogP contribution in [-0.4, -0.2) is 30.1 Å². The zero-order valence-electron chi connectivity index (χ0n) is 14.7. The Bertz CT molecular complexity index is 665. The largest absolute Gasteiger partial charge is 0.467 e. The van der Waals surface area contributed by atoms with Crippen LogP contribution in [0.5, 0.6) is 0 Å². The van der Waals surface area contributed by atoms with E-state index in [0.717, 1.165) is 5.56 Å². The summed E-state index contributed by atoms with van der Waals surface area (Å²) in [6, 6.07) is 11.3. The van der Waals surface area contributed by atoms with Crippen LogP contribution in [-0.2, 0) is 22.6 Å². The molecule has 0 fully saturated rings. The molecule has 1 aromatic heterocycles. The highest BCUT2D eigenvalue weighted by Crippen LogP contribution is 2.08. The smallest absolute Gasteiger partial charge is 0.318 e. The quantitative estimate of drug-likeness (QED) is 0.746. The molecule has 2 aromatic rings. The molecule has 134 valence electrons. The predicted octanol–water partition coefficient (Wildman–Crippen LogP) is 3.25. The number of amides is 2. The van der Waals surface area contributed by atoms with Gasteiger partial charge in [0.15, 0.2) is 0 Å². The lowest BCUT2D eigenvalue weighted by Gasteiger charge is -2.22. The van der Waals surface area contributed by atoms with Crippen LogP contribution < -0.4 is 5.32 Å². The van der Waals surface area contributed by atoms with Crippen LogP contribution in [0.25, 0.3) is 0 Å². The SMILES string of the molecule is CCOC(=O)CCN(Cc1ccco1)C(=O)NCc1ccc(C)cc1. The Hall–Kier alpha value is -2.76. The first-order valence-electron chi connectivity index (χ1n) is 8.34.